The minimum absolute atomic E-state index is 0.0147. The number of ether oxygens (including phenoxy) is 2. The topological polar surface area (TPSA) is 106 Å². The molecule has 2 heterocycles. The lowest BCUT2D eigenvalue weighted by Gasteiger charge is -2.11. The number of fused-ring (bicyclic) bond motifs is 1. The second-order valence-corrected chi connectivity index (χ2v) is 5.82. The van der Waals surface area contributed by atoms with Gasteiger partial charge in [0, 0.05) is 6.07 Å². The van der Waals surface area contributed by atoms with Crippen molar-refractivity contribution in [1.82, 2.24) is 4.98 Å². The third-order valence-corrected chi connectivity index (χ3v) is 4.13. The van der Waals surface area contributed by atoms with Gasteiger partial charge in [-0.25, -0.2) is 14.6 Å². The summed E-state index contributed by atoms with van der Waals surface area (Å²) in [5.74, 6) is -1.75. The van der Waals surface area contributed by atoms with Gasteiger partial charge in [-0.05, 0) is 18.2 Å². The van der Waals surface area contributed by atoms with Crippen molar-refractivity contribution in [3.05, 3.63) is 62.9 Å². The second kappa shape index (κ2) is 7.19. The highest BCUT2D eigenvalue weighted by Gasteiger charge is 2.28. The molecule has 8 nitrogen and oxygen atoms in total. The minimum atomic E-state index is -0.940. The highest BCUT2D eigenvalue weighted by molar-refractivity contribution is 6.42. The number of carbonyl (C=O) groups excluding carboxylic acids is 2. The van der Waals surface area contributed by atoms with E-state index in [1.165, 1.54) is 30.5 Å². The first kappa shape index (κ1) is 18.0. The average Bonchev–Trinajstić information content (AvgIpc) is 3.15. The Morgan fingerprint density at radius 3 is 2.65 bits per heavy atom. The van der Waals surface area contributed by atoms with Crippen LogP contribution in [0.1, 0.15) is 26.7 Å². The Balaban J connectivity index is 2.05. The molecule has 0 amide bonds. The first-order chi connectivity index (χ1) is 12.4. The number of aromatic nitrogens is 2. The maximum absolute atomic E-state index is 12.6. The van der Waals surface area contributed by atoms with Crippen LogP contribution in [-0.2, 0) is 16.1 Å². The van der Waals surface area contributed by atoms with E-state index in [9.17, 15) is 14.8 Å². The van der Waals surface area contributed by atoms with E-state index in [4.69, 9.17) is 32.4 Å². The maximum atomic E-state index is 12.6. The molecule has 0 unspecified atom stereocenters. The van der Waals surface area contributed by atoms with E-state index in [1.54, 1.807) is 0 Å². The standard InChI is InChI=1S/C16H10Cl2N2O6/c1-24-16(22)14-11(7-26-15(21)13-3-2-4-25-13)19-10-5-8(17)9(18)6-12(10)20(14)23/h2-6H,7H2,1H3. The summed E-state index contributed by atoms with van der Waals surface area (Å²) in [5, 5.41) is 12.9. The molecule has 2 aromatic heterocycles. The van der Waals surface area contributed by atoms with Crippen LogP contribution >= 0.6 is 23.2 Å². The number of methoxy groups -OCH3 is 1. The highest BCUT2D eigenvalue weighted by Crippen LogP contribution is 2.26. The van der Waals surface area contributed by atoms with Gasteiger partial charge in [-0.2, -0.15) is 4.73 Å². The molecule has 134 valence electrons. The third kappa shape index (κ3) is 3.29. The zero-order valence-corrected chi connectivity index (χ0v) is 14.7. The summed E-state index contributed by atoms with van der Waals surface area (Å²) in [6, 6.07) is 5.58. The van der Waals surface area contributed by atoms with Crippen LogP contribution in [0.5, 0.6) is 0 Å². The van der Waals surface area contributed by atoms with Crippen molar-refractivity contribution < 1.29 is 28.2 Å². The number of carbonyl (C=O) groups is 2. The molecule has 3 rings (SSSR count). The molecule has 0 spiro atoms. The Bertz CT molecular complexity index is 1000. The molecule has 0 saturated carbocycles. The fraction of sp³-hybridized carbons (Fsp3) is 0.125. The molecule has 3 aromatic rings. The van der Waals surface area contributed by atoms with Crippen molar-refractivity contribution in [1.29, 1.82) is 0 Å². The Kier molecular flexibility index (Phi) is 4.97. The quantitative estimate of drug-likeness (QED) is 0.379. The minimum Gasteiger partial charge on any atom is -0.618 e. The normalized spacial score (nSPS) is 10.7. The van der Waals surface area contributed by atoms with E-state index in [1.807, 2.05) is 0 Å². The molecule has 0 fully saturated rings. The SMILES string of the molecule is COC(=O)c1c(COC(=O)c2ccco2)nc2cc(Cl)c(Cl)cc2[n+]1[O-]. The fourth-order valence-electron chi connectivity index (χ4n) is 2.21. The van der Waals surface area contributed by atoms with Crippen LogP contribution in [0.15, 0.2) is 34.9 Å². The highest BCUT2D eigenvalue weighted by atomic mass is 35.5. The van der Waals surface area contributed by atoms with Crippen molar-refractivity contribution in [3.63, 3.8) is 0 Å². The first-order valence-electron chi connectivity index (χ1n) is 7.12. The number of rotatable bonds is 4. The van der Waals surface area contributed by atoms with Crippen LogP contribution < -0.4 is 4.73 Å². The molecule has 0 radical (unpaired) electrons. The summed E-state index contributed by atoms with van der Waals surface area (Å²) in [5.41, 5.74) is -0.338. The van der Waals surface area contributed by atoms with Crippen molar-refractivity contribution in [2.24, 2.45) is 0 Å². The Labute approximate surface area is 156 Å². The lowest BCUT2D eigenvalue weighted by atomic mass is 10.2. The molecule has 26 heavy (non-hydrogen) atoms. The van der Waals surface area contributed by atoms with E-state index in [2.05, 4.69) is 9.72 Å². The molecule has 0 atom stereocenters. The zero-order valence-electron chi connectivity index (χ0n) is 13.2. The summed E-state index contributed by atoms with van der Waals surface area (Å²) in [4.78, 5) is 28.1. The zero-order chi connectivity index (χ0) is 18.8. The van der Waals surface area contributed by atoms with E-state index in [0.717, 1.165) is 7.11 Å². The van der Waals surface area contributed by atoms with Crippen LogP contribution in [0.25, 0.3) is 11.0 Å². The lowest BCUT2D eigenvalue weighted by Crippen LogP contribution is -2.38. The van der Waals surface area contributed by atoms with Crippen LogP contribution in [0.3, 0.4) is 0 Å². The molecule has 0 N–H and O–H groups in total. The van der Waals surface area contributed by atoms with Crippen molar-refractivity contribution in [2.45, 2.75) is 6.61 Å². The Morgan fingerprint density at radius 1 is 1.27 bits per heavy atom. The van der Waals surface area contributed by atoms with Gasteiger partial charge in [0.05, 0.1) is 23.4 Å². The predicted octanol–water partition coefficient (Wildman–Crippen LogP) is 2.91. The van der Waals surface area contributed by atoms with Crippen LogP contribution in [0, 0.1) is 5.21 Å². The van der Waals surface area contributed by atoms with Crippen molar-refractivity contribution in [2.75, 3.05) is 7.11 Å². The summed E-state index contributed by atoms with van der Waals surface area (Å²) in [7, 11) is 1.11. The van der Waals surface area contributed by atoms with Gasteiger partial charge < -0.3 is 19.1 Å². The molecule has 0 saturated heterocycles. The lowest BCUT2D eigenvalue weighted by molar-refractivity contribution is -0.581. The predicted molar refractivity (Wildman–Crippen MR) is 89.9 cm³/mol. The molecular weight excluding hydrogens is 387 g/mol. The number of halogens is 2. The number of hydrogen-bond acceptors (Lipinski definition) is 7. The smallest absolute Gasteiger partial charge is 0.406 e. The van der Waals surface area contributed by atoms with Crippen LogP contribution in [0.2, 0.25) is 10.0 Å². The third-order valence-electron chi connectivity index (χ3n) is 3.41. The fourth-order valence-corrected chi connectivity index (χ4v) is 2.53. The molecule has 0 aliphatic rings. The van der Waals surface area contributed by atoms with E-state index in [0.29, 0.717) is 4.73 Å². The van der Waals surface area contributed by atoms with Crippen LogP contribution in [0.4, 0.5) is 0 Å². The number of benzene rings is 1. The van der Waals surface area contributed by atoms with Crippen LogP contribution in [-0.4, -0.2) is 24.0 Å². The Morgan fingerprint density at radius 2 is 2.00 bits per heavy atom. The van der Waals surface area contributed by atoms with Gasteiger partial charge in [-0.3, -0.25) is 0 Å². The molecular formula is C16H10Cl2N2O6. The van der Waals surface area contributed by atoms with Gasteiger partial charge in [-0.1, -0.05) is 23.2 Å². The van der Waals surface area contributed by atoms with Gasteiger partial charge in [0.2, 0.25) is 11.3 Å². The van der Waals surface area contributed by atoms with Gasteiger partial charge in [0.15, 0.2) is 5.69 Å². The number of nitrogens with zero attached hydrogens (tertiary/aromatic N) is 2. The largest absolute Gasteiger partial charge is 0.618 e. The first-order valence-corrected chi connectivity index (χ1v) is 7.88. The van der Waals surface area contributed by atoms with E-state index >= 15 is 0 Å². The second-order valence-electron chi connectivity index (χ2n) is 5.00. The van der Waals surface area contributed by atoms with E-state index < -0.39 is 24.2 Å². The molecule has 0 aliphatic carbocycles. The summed E-state index contributed by atoms with van der Waals surface area (Å²) < 4.78 is 14.9. The van der Waals surface area contributed by atoms with Gasteiger partial charge >= 0.3 is 17.6 Å². The number of hydrogen-bond donors (Lipinski definition) is 0. The van der Waals surface area contributed by atoms with Gasteiger partial charge in [0.25, 0.3) is 0 Å². The summed E-state index contributed by atoms with van der Waals surface area (Å²) in [6.07, 6.45) is 1.31. The summed E-state index contributed by atoms with van der Waals surface area (Å²) >= 11 is 11.9. The molecule has 0 bridgehead atoms. The number of esters is 2. The number of furan rings is 1. The van der Waals surface area contributed by atoms with Gasteiger partial charge in [0.1, 0.15) is 12.1 Å². The monoisotopic (exact) mass is 396 g/mol. The average molecular weight is 397 g/mol. The maximum Gasteiger partial charge on any atom is 0.406 e. The molecule has 10 heteroatoms. The van der Waals surface area contributed by atoms with E-state index in [-0.39, 0.29) is 32.5 Å². The Hall–Kier alpha value is -2.84. The van der Waals surface area contributed by atoms with Crippen molar-refractivity contribution >= 4 is 46.2 Å². The van der Waals surface area contributed by atoms with Crippen molar-refractivity contribution in [3.8, 4) is 0 Å². The molecule has 1 aromatic carbocycles. The van der Waals surface area contributed by atoms with Gasteiger partial charge in [-0.15, -0.1) is 0 Å². The summed E-state index contributed by atoms with van der Waals surface area (Å²) in [6.45, 7) is -0.456. The molecule has 0 aliphatic heterocycles.